The van der Waals surface area contributed by atoms with E-state index in [4.69, 9.17) is 5.73 Å². The molecule has 0 aliphatic heterocycles. The van der Waals surface area contributed by atoms with Crippen molar-refractivity contribution >= 4 is 49.1 Å². The fraction of sp³-hybridized carbons (Fsp3) is 0. The largest absolute Gasteiger partial charge is 0.505 e. The van der Waals surface area contributed by atoms with Gasteiger partial charge in [-0.1, -0.05) is 6.07 Å². The third kappa shape index (κ3) is 3.08. The monoisotopic (exact) mass is 384 g/mol. The molecule has 0 saturated heterocycles. The van der Waals surface area contributed by atoms with Crippen molar-refractivity contribution in [2.75, 3.05) is 11.1 Å². The van der Waals surface area contributed by atoms with Gasteiger partial charge in [-0.15, -0.1) is 0 Å². The first-order valence-electron chi connectivity index (χ1n) is 5.33. The lowest BCUT2D eigenvalue weighted by atomic mass is 10.2. The van der Waals surface area contributed by atoms with Crippen molar-refractivity contribution in [3.63, 3.8) is 0 Å². The molecule has 0 spiro atoms. The molecule has 0 bridgehead atoms. The number of anilines is 2. The van der Waals surface area contributed by atoms with Gasteiger partial charge in [0.1, 0.15) is 0 Å². The van der Waals surface area contributed by atoms with E-state index in [1.165, 1.54) is 0 Å². The van der Waals surface area contributed by atoms with Gasteiger partial charge in [0, 0.05) is 15.7 Å². The predicted octanol–water partition coefficient (Wildman–Crippen LogP) is 3.75. The third-order valence-corrected chi connectivity index (χ3v) is 3.86. The van der Waals surface area contributed by atoms with Crippen LogP contribution in [0.5, 0.6) is 5.75 Å². The van der Waals surface area contributed by atoms with Crippen molar-refractivity contribution in [2.45, 2.75) is 0 Å². The molecule has 2 aromatic carbocycles. The molecule has 98 valence electrons. The Bertz CT molecular complexity index is 645. The molecule has 0 aromatic heterocycles. The Morgan fingerprint density at radius 3 is 2.58 bits per heavy atom. The van der Waals surface area contributed by atoms with Gasteiger partial charge in [0.15, 0.2) is 5.75 Å². The molecule has 2 rings (SSSR count). The second-order valence-electron chi connectivity index (χ2n) is 3.83. The molecule has 4 N–H and O–H groups in total. The maximum Gasteiger partial charge on any atom is 0.255 e. The molecular formula is C13H10Br2N2O2. The molecule has 0 aliphatic rings. The number of halogens is 2. The van der Waals surface area contributed by atoms with Gasteiger partial charge in [-0.2, -0.15) is 0 Å². The van der Waals surface area contributed by atoms with E-state index in [9.17, 15) is 9.90 Å². The van der Waals surface area contributed by atoms with E-state index in [2.05, 4.69) is 37.2 Å². The van der Waals surface area contributed by atoms with Gasteiger partial charge in [-0.25, -0.2) is 0 Å². The van der Waals surface area contributed by atoms with E-state index >= 15 is 0 Å². The lowest BCUT2D eigenvalue weighted by Gasteiger charge is -2.09. The molecule has 0 fully saturated rings. The maximum absolute atomic E-state index is 12.0. The summed E-state index contributed by atoms with van der Waals surface area (Å²) < 4.78 is 1.25. The molecule has 0 unspecified atom stereocenters. The van der Waals surface area contributed by atoms with Crippen LogP contribution in [0.25, 0.3) is 0 Å². The quantitative estimate of drug-likeness (QED) is 0.544. The highest BCUT2D eigenvalue weighted by Gasteiger charge is 2.11. The van der Waals surface area contributed by atoms with Crippen LogP contribution in [0.2, 0.25) is 0 Å². The topological polar surface area (TPSA) is 75.4 Å². The van der Waals surface area contributed by atoms with Crippen molar-refractivity contribution < 1.29 is 9.90 Å². The first-order valence-corrected chi connectivity index (χ1v) is 6.91. The number of nitrogens with two attached hydrogens (primary N) is 1. The number of phenolic OH excluding ortho intramolecular Hbond substituents is 1. The van der Waals surface area contributed by atoms with Crippen LogP contribution in [0.15, 0.2) is 45.3 Å². The molecule has 0 atom stereocenters. The number of nitrogens with one attached hydrogen (secondary N) is 1. The van der Waals surface area contributed by atoms with Crippen LogP contribution in [0.3, 0.4) is 0 Å². The van der Waals surface area contributed by atoms with Gasteiger partial charge in [-0.3, -0.25) is 4.79 Å². The van der Waals surface area contributed by atoms with Crippen LogP contribution in [0, 0.1) is 0 Å². The SMILES string of the molecule is Nc1cc(C(=O)Nc2cccc(Br)c2O)ccc1Br. The highest BCUT2D eigenvalue weighted by Crippen LogP contribution is 2.32. The number of carbonyl (C=O) groups excluding carboxylic acids is 1. The zero-order valence-electron chi connectivity index (χ0n) is 9.65. The Balaban J connectivity index is 2.26. The van der Waals surface area contributed by atoms with Crippen LogP contribution in [-0.4, -0.2) is 11.0 Å². The summed E-state index contributed by atoms with van der Waals surface area (Å²) in [6.45, 7) is 0. The lowest BCUT2D eigenvalue weighted by Crippen LogP contribution is -2.12. The smallest absolute Gasteiger partial charge is 0.255 e. The lowest BCUT2D eigenvalue weighted by molar-refractivity contribution is 0.102. The van der Waals surface area contributed by atoms with Crippen molar-refractivity contribution in [1.29, 1.82) is 0 Å². The normalized spacial score (nSPS) is 10.2. The number of para-hydroxylation sites is 1. The average molecular weight is 386 g/mol. The minimum absolute atomic E-state index is 0.0130. The molecular weight excluding hydrogens is 376 g/mol. The number of amides is 1. The maximum atomic E-state index is 12.0. The molecule has 0 radical (unpaired) electrons. The molecule has 1 amide bonds. The van der Waals surface area contributed by atoms with E-state index in [1.807, 2.05) is 0 Å². The number of benzene rings is 2. The van der Waals surface area contributed by atoms with Crippen molar-refractivity contribution in [1.82, 2.24) is 0 Å². The van der Waals surface area contributed by atoms with Crippen LogP contribution in [0.1, 0.15) is 10.4 Å². The number of rotatable bonds is 2. The highest BCUT2D eigenvalue weighted by atomic mass is 79.9. The minimum Gasteiger partial charge on any atom is -0.505 e. The number of nitrogen functional groups attached to an aromatic ring is 1. The molecule has 6 heteroatoms. The first-order chi connectivity index (χ1) is 8.99. The van der Waals surface area contributed by atoms with E-state index in [0.717, 1.165) is 4.47 Å². The van der Waals surface area contributed by atoms with Crippen molar-refractivity contribution in [2.24, 2.45) is 0 Å². The summed E-state index contributed by atoms with van der Waals surface area (Å²) in [4.78, 5) is 12.0. The Hall–Kier alpha value is -1.53. The summed E-state index contributed by atoms with van der Waals surface area (Å²) in [6.07, 6.45) is 0. The second kappa shape index (κ2) is 5.63. The van der Waals surface area contributed by atoms with E-state index in [0.29, 0.717) is 21.4 Å². The van der Waals surface area contributed by atoms with Crippen molar-refractivity contribution in [3.05, 3.63) is 50.9 Å². The Morgan fingerprint density at radius 1 is 1.16 bits per heavy atom. The molecule has 4 nitrogen and oxygen atoms in total. The van der Waals surface area contributed by atoms with Crippen molar-refractivity contribution in [3.8, 4) is 5.75 Å². The van der Waals surface area contributed by atoms with Gasteiger partial charge in [0.25, 0.3) is 5.91 Å². The Morgan fingerprint density at radius 2 is 1.89 bits per heavy atom. The van der Waals surface area contributed by atoms with Gasteiger partial charge in [0.05, 0.1) is 10.2 Å². The summed E-state index contributed by atoms with van der Waals surface area (Å²) in [5.41, 5.74) is 6.95. The van der Waals surface area contributed by atoms with Crippen LogP contribution in [0.4, 0.5) is 11.4 Å². The number of aromatic hydroxyl groups is 1. The Kier molecular flexibility index (Phi) is 4.11. The number of carbonyl (C=O) groups is 1. The number of hydrogen-bond donors (Lipinski definition) is 3. The average Bonchev–Trinajstić information content (AvgIpc) is 2.38. The van der Waals surface area contributed by atoms with E-state index in [1.54, 1.807) is 36.4 Å². The van der Waals surface area contributed by atoms with Crippen LogP contribution in [-0.2, 0) is 0 Å². The second-order valence-corrected chi connectivity index (χ2v) is 5.54. The summed E-state index contributed by atoms with van der Waals surface area (Å²) in [6, 6.07) is 9.92. The van der Waals surface area contributed by atoms with Gasteiger partial charge in [0.2, 0.25) is 0 Å². The van der Waals surface area contributed by atoms with Gasteiger partial charge >= 0.3 is 0 Å². The first kappa shape index (κ1) is 13.9. The molecule has 0 aliphatic carbocycles. The fourth-order valence-corrected chi connectivity index (χ4v) is 2.11. The van der Waals surface area contributed by atoms with Gasteiger partial charge < -0.3 is 16.2 Å². The summed E-state index contributed by atoms with van der Waals surface area (Å²) in [5.74, 6) is -0.353. The highest BCUT2D eigenvalue weighted by molar-refractivity contribution is 9.11. The molecule has 2 aromatic rings. The number of hydrogen-bond acceptors (Lipinski definition) is 3. The molecule has 0 saturated carbocycles. The van der Waals surface area contributed by atoms with E-state index in [-0.39, 0.29) is 11.7 Å². The zero-order chi connectivity index (χ0) is 14.0. The summed E-state index contributed by atoms with van der Waals surface area (Å²) in [5, 5.41) is 12.4. The zero-order valence-corrected chi connectivity index (χ0v) is 12.8. The Labute approximate surface area is 126 Å². The molecule has 19 heavy (non-hydrogen) atoms. The third-order valence-electron chi connectivity index (χ3n) is 2.49. The summed E-state index contributed by atoms with van der Waals surface area (Å²) >= 11 is 6.45. The van der Waals surface area contributed by atoms with Gasteiger partial charge in [-0.05, 0) is 62.2 Å². The van der Waals surface area contributed by atoms with Crippen LogP contribution >= 0.6 is 31.9 Å². The van der Waals surface area contributed by atoms with E-state index < -0.39 is 0 Å². The standard InChI is InChI=1S/C13H10Br2N2O2/c14-8-5-4-7(6-10(8)16)13(19)17-11-3-1-2-9(15)12(11)18/h1-6,18H,16H2,(H,17,19). The number of phenols is 1. The van der Waals surface area contributed by atoms with Crippen LogP contribution < -0.4 is 11.1 Å². The fourth-order valence-electron chi connectivity index (χ4n) is 1.50. The molecule has 0 heterocycles. The summed E-state index contributed by atoms with van der Waals surface area (Å²) in [7, 11) is 0. The minimum atomic E-state index is -0.340. The predicted molar refractivity (Wildman–Crippen MR) is 82.3 cm³/mol.